The summed E-state index contributed by atoms with van der Waals surface area (Å²) in [6.45, 7) is 2.71. The third kappa shape index (κ3) is 3.51. The fourth-order valence-corrected chi connectivity index (χ4v) is 4.93. The molecule has 1 saturated heterocycles. The van der Waals surface area contributed by atoms with Crippen LogP contribution in [0.2, 0.25) is 0 Å². The zero-order valence-corrected chi connectivity index (χ0v) is 14.9. The molecule has 0 amide bonds. The second-order valence-corrected chi connectivity index (χ2v) is 8.46. The van der Waals surface area contributed by atoms with Gasteiger partial charge >= 0.3 is 6.18 Å². The summed E-state index contributed by atoms with van der Waals surface area (Å²) in [7, 11) is -4.02. The van der Waals surface area contributed by atoms with Crippen LogP contribution in [0.15, 0.2) is 18.2 Å². The zero-order valence-electron chi connectivity index (χ0n) is 14.1. The van der Waals surface area contributed by atoms with Crippen molar-refractivity contribution >= 4 is 15.7 Å². The Morgan fingerprint density at radius 3 is 2.50 bits per heavy atom. The van der Waals surface area contributed by atoms with Crippen molar-refractivity contribution < 1.29 is 31.8 Å². The monoisotopic (exact) mass is 392 g/mol. The van der Waals surface area contributed by atoms with Gasteiger partial charge in [0.1, 0.15) is 0 Å². The average Bonchev–Trinajstić information content (AvgIpc) is 2.82. The maximum atomic E-state index is 13.1. The second kappa shape index (κ2) is 7.06. The Kier molecular flexibility index (Phi) is 5.56. The maximum absolute atomic E-state index is 13.1. The summed E-state index contributed by atoms with van der Waals surface area (Å²) in [5, 5.41) is 27.8. The molecule has 1 aromatic rings. The molecule has 4 atom stereocenters. The van der Waals surface area contributed by atoms with Gasteiger partial charge in [0.15, 0.2) is 0 Å². The maximum Gasteiger partial charge on any atom is 0.417 e. The lowest BCUT2D eigenvalue weighted by Gasteiger charge is -2.24. The number of nitrogens with zero attached hydrogens (tertiary/aromatic N) is 2. The molecule has 2 unspecified atom stereocenters. The van der Waals surface area contributed by atoms with Crippen molar-refractivity contribution in [2.45, 2.75) is 43.9 Å². The van der Waals surface area contributed by atoms with E-state index in [-0.39, 0.29) is 18.7 Å². The second-order valence-electron chi connectivity index (χ2n) is 6.25. The molecule has 0 aliphatic carbocycles. The van der Waals surface area contributed by atoms with Crippen molar-refractivity contribution in [2.75, 3.05) is 10.8 Å². The molecule has 1 aliphatic rings. The molecule has 0 aromatic heterocycles. The van der Waals surface area contributed by atoms with E-state index in [1.54, 1.807) is 6.92 Å². The van der Waals surface area contributed by atoms with Crippen molar-refractivity contribution in [1.29, 1.82) is 5.26 Å². The molecule has 1 aromatic carbocycles. The highest BCUT2D eigenvalue weighted by atomic mass is 32.2. The molecule has 1 fully saturated rings. The molecule has 1 aliphatic heterocycles. The van der Waals surface area contributed by atoms with Crippen LogP contribution in [0.25, 0.3) is 0 Å². The van der Waals surface area contributed by atoms with E-state index >= 15 is 0 Å². The summed E-state index contributed by atoms with van der Waals surface area (Å²) >= 11 is 0. The first-order valence-corrected chi connectivity index (χ1v) is 9.44. The van der Waals surface area contributed by atoms with Crippen molar-refractivity contribution in [3.05, 3.63) is 29.3 Å². The van der Waals surface area contributed by atoms with E-state index in [9.17, 15) is 31.8 Å². The number of hydrogen-bond acceptors (Lipinski definition) is 5. The highest BCUT2D eigenvalue weighted by molar-refractivity contribution is 7.93. The molecule has 2 N–H and O–H groups in total. The van der Waals surface area contributed by atoms with Crippen LogP contribution in [0.5, 0.6) is 0 Å². The average molecular weight is 392 g/mol. The largest absolute Gasteiger partial charge is 0.417 e. The van der Waals surface area contributed by atoms with Gasteiger partial charge in [0.05, 0.1) is 40.3 Å². The Bertz CT molecular complexity index is 820. The predicted octanol–water partition coefficient (Wildman–Crippen LogP) is 1.86. The Balaban J connectivity index is 2.48. The number of aliphatic hydroxyl groups is 2. The van der Waals surface area contributed by atoms with E-state index in [1.165, 1.54) is 13.0 Å². The molecule has 0 radical (unpaired) electrons. The van der Waals surface area contributed by atoms with Gasteiger partial charge in [0.25, 0.3) is 0 Å². The first-order valence-electron chi connectivity index (χ1n) is 7.94. The smallest absolute Gasteiger partial charge is 0.390 e. The summed E-state index contributed by atoms with van der Waals surface area (Å²) in [5.41, 5.74) is -2.06. The third-order valence-electron chi connectivity index (χ3n) is 4.72. The van der Waals surface area contributed by atoms with Gasteiger partial charge in [0.2, 0.25) is 10.0 Å². The molecular formula is C16H19F3N2O4S. The van der Waals surface area contributed by atoms with Gasteiger partial charge in [-0.15, -0.1) is 0 Å². The Labute approximate surface area is 149 Å². The first kappa shape index (κ1) is 20.5. The van der Waals surface area contributed by atoms with Crippen LogP contribution in [0, 0.1) is 17.2 Å². The number of hydrogen-bond donors (Lipinski definition) is 2. The number of sulfonamides is 1. The van der Waals surface area contributed by atoms with Gasteiger partial charge in [0, 0.05) is 12.5 Å². The van der Waals surface area contributed by atoms with Gasteiger partial charge in [-0.2, -0.15) is 18.4 Å². The molecule has 0 spiro atoms. The highest BCUT2D eigenvalue weighted by Crippen LogP contribution is 2.39. The topological polar surface area (TPSA) is 102 Å². The molecule has 2 rings (SSSR count). The van der Waals surface area contributed by atoms with E-state index < -0.39 is 50.7 Å². The van der Waals surface area contributed by atoms with E-state index in [1.807, 2.05) is 0 Å². The molecule has 144 valence electrons. The van der Waals surface area contributed by atoms with Crippen LogP contribution in [-0.2, 0) is 16.2 Å². The molecule has 26 heavy (non-hydrogen) atoms. The van der Waals surface area contributed by atoms with Crippen LogP contribution >= 0.6 is 0 Å². The fraction of sp³-hybridized carbons (Fsp3) is 0.562. The molecule has 10 heteroatoms. The number of anilines is 1. The lowest BCUT2D eigenvalue weighted by atomic mass is 9.93. The molecule has 0 saturated carbocycles. The zero-order chi connectivity index (χ0) is 19.9. The lowest BCUT2D eigenvalue weighted by Crippen LogP contribution is -2.38. The summed E-state index contributed by atoms with van der Waals surface area (Å²) < 4.78 is 65.4. The number of nitriles is 1. The quantitative estimate of drug-likeness (QED) is 0.815. The Morgan fingerprint density at radius 2 is 2.00 bits per heavy atom. The number of halogens is 3. The molecular weight excluding hydrogens is 373 g/mol. The summed E-state index contributed by atoms with van der Waals surface area (Å²) in [6.07, 6.45) is -7.06. The van der Waals surface area contributed by atoms with E-state index in [4.69, 9.17) is 5.26 Å². The van der Waals surface area contributed by atoms with Crippen LogP contribution in [-0.4, -0.2) is 42.6 Å². The van der Waals surface area contributed by atoms with Crippen molar-refractivity contribution in [3.8, 4) is 6.07 Å². The SMILES string of the molecule is CC[C@H](O)[C@@H](O)C1CN(c2ccc(C#N)c(C(F)(F)F)c2)S(=O)(=O)C1C. The molecule has 6 nitrogen and oxygen atoms in total. The van der Waals surface area contributed by atoms with Crippen LogP contribution in [0.3, 0.4) is 0 Å². The van der Waals surface area contributed by atoms with Crippen molar-refractivity contribution in [3.63, 3.8) is 0 Å². The van der Waals surface area contributed by atoms with Crippen LogP contribution in [0.1, 0.15) is 31.4 Å². The van der Waals surface area contributed by atoms with Gasteiger partial charge in [-0.05, 0) is 31.5 Å². The summed E-state index contributed by atoms with van der Waals surface area (Å²) in [5.74, 6) is -0.861. The van der Waals surface area contributed by atoms with Gasteiger partial charge < -0.3 is 10.2 Å². The number of alkyl halides is 3. The normalized spacial score (nSPS) is 24.9. The first-order chi connectivity index (χ1) is 11.9. The van der Waals surface area contributed by atoms with Crippen LogP contribution in [0.4, 0.5) is 18.9 Å². The fourth-order valence-electron chi connectivity index (χ4n) is 3.05. The molecule has 1 heterocycles. The highest BCUT2D eigenvalue weighted by Gasteiger charge is 2.48. The standard InChI is InChI=1S/C16H19F3N2O4S/c1-3-14(22)15(23)12-8-21(26(24,25)9(12)2)11-5-4-10(7-20)13(6-11)16(17,18)19/h4-6,9,12,14-15,22-23H,3,8H2,1-2H3/t9?,12?,14-,15-/m0/s1. The number of benzene rings is 1. The number of rotatable bonds is 4. The van der Waals surface area contributed by atoms with E-state index in [0.29, 0.717) is 6.07 Å². The van der Waals surface area contributed by atoms with Gasteiger partial charge in [-0.25, -0.2) is 8.42 Å². The van der Waals surface area contributed by atoms with Crippen LogP contribution < -0.4 is 4.31 Å². The van der Waals surface area contributed by atoms with Gasteiger partial charge in [-0.3, -0.25) is 4.31 Å². The minimum atomic E-state index is -4.81. The minimum Gasteiger partial charge on any atom is -0.390 e. The Morgan fingerprint density at radius 1 is 1.38 bits per heavy atom. The summed E-state index contributed by atoms with van der Waals surface area (Å²) in [4.78, 5) is 0. The lowest BCUT2D eigenvalue weighted by molar-refractivity contribution is -0.137. The van der Waals surface area contributed by atoms with E-state index in [2.05, 4.69) is 0 Å². The minimum absolute atomic E-state index is 0.208. The summed E-state index contributed by atoms with van der Waals surface area (Å²) in [6, 6.07) is 4.10. The van der Waals surface area contributed by atoms with Crippen molar-refractivity contribution in [2.24, 2.45) is 5.92 Å². The predicted molar refractivity (Wildman–Crippen MR) is 87.7 cm³/mol. The number of aliphatic hydroxyl groups excluding tert-OH is 2. The Hall–Kier alpha value is -1.83. The third-order valence-corrected chi connectivity index (χ3v) is 6.99. The van der Waals surface area contributed by atoms with E-state index in [0.717, 1.165) is 16.4 Å². The molecule has 0 bridgehead atoms. The van der Waals surface area contributed by atoms with Crippen molar-refractivity contribution in [1.82, 2.24) is 0 Å². The van der Waals surface area contributed by atoms with Gasteiger partial charge in [-0.1, -0.05) is 6.92 Å².